The lowest BCUT2D eigenvalue weighted by Crippen LogP contribution is -2.33. The predicted molar refractivity (Wildman–Crippen MR) is 120 cm³/mol. The molecular formula is C23H25N3O4S. The van der Waals surface area contributed by atoms with Gasteiger partial charge in [-0.25, -0.2) is 0 Å². The van der Waals surface area contributed by atoms with E-state index in [1.807, 2.05) is 26.0 Å². The highest BCUT2D eigenvalue weighted by molar-refractivity contribution is 7.09. The van der Waals surface area contributed by atoms with E-state index in [2.05, 4.69) is 21.3 Å². The van der Waals surface area contributed by atoms with Gasteiger partial charge in [-0.3, -0.25) is 14.4 Å². The molecule has 0 atom stereocenters. The number of carbonyl (C=O) groups is 3. The van der Waals surface area contributed by atoms with Gasteiger partial charge in [-0.2, -0.15) is 0 Å². The van der Waals surface area contributed by atoms with E-state index in [0.717, 1.165) is 24.4 Å². The quantitative estimate of drug-likeness (QED) is 0.474. The molecular weight excluding hydrogens is 414 g/mol. The molecule has 162 valence electrons. The summed E-state index contributed by atoms with van der Waals surface area (Å²) in [5, 5.41) is 4.48. The molecule has 3 rings (SSSR count). The molecule has 0 aliphatic rings. The number of aromatic nitrogens is 1. The second-order valence-electron chi connectivity index (χ2n) is 7.15. The third-order valence-electron chi connectivity index (χ3n) is 4.93. The molecule has 0 unspecified atom stereocenters. The fourth-order valence-corrected chi connectivity index (χ4v) is 4.03. The number of hydrogen-bond acceptors (Lipinski definition) is 5. The van der Waals surface area contributed by atoms with Crippen molar-refractivity contribution in [2.24, 2.45) is 5.73 Å². The minimum absolute atomic E-state index is 0.126. The molecule has 31 heavy (non-hydrogen) atoms. The zero-order chi connectivity index (χ0) is 22.4. The molecule has 0 radical (unpaired) electrons. The number of ketones is 1. The minimum atomic E-state index is -0.626. The van der Waals surface area contributed by atoms with Crippen LogP contribution in [0.4, 0.5) is 0 Å². The summed E-state index contributed by atoms with van der Waals surface area (Å²) in [4.78, 5) is 36.9. The lowest BCUT2D eigenvalue weighted by Gasteiger charge is -2.10. The fourth-order valence-electron chi connectivity index (χ4n) is 3.33. The lowest BCUT2D eigenvalue weighted by atomic mass is 10.1. The van der Waals surface area contributed by atoms with E-state index in [0.29, 0.717) is 16.9 Å². The summed E-state index contributed by atoms with van der Waals surface area (Å²) in [5.74, 6) is -0.796. The van der Waals surface area contributed by atoms with Crippen molar-refractivity contribution in [3.63, 3.8) is 0 Å². The molecule has 0 spiro atoms. The Hall–Kier alpha value is -3.39. The number of benzene rings is 1. The summed E-state index contributed by atoms with van der Waals surface area (Å²) in [6.45, 7) is 4.37. The Morgan fingerprint density at radius 2 is 1.94 bits per heavy atom. The van der Waals surface area contributed by atoms with Crippen LogP contribution < -0.4 is 15.8 Å². The Labute approximate surface area is 184 Å². The summed E-state index contributed by atoms with van der Waals surface area (Å²) in [7, 11) is 0. The van der Waals surface area contributed by atoms with Crippen LogP contribution in [0.15, 0.2) is 47.8 Å². The van der Waals surface area contributed by atoms with Crippen LogP contribution in [0.25, 0.3) is 0 Å². The van der Waals surface area contributed by atoms with Crippen molar-refractivity contribution in [3.8, 4) is 5.75 Å². The number of hydrogen-bond donors (Lipinski definition) is 2. The highest BCUT2D eigenvalue weighted by Gasteiger charge is 2.17. The second-order valence-corrected chi connectivity index (χ2v) is 8.19. The highest BCUT2D eigenvalue weighted by Crippen LogP contribution is 2.19. The van der Waals surface area contributed by atoms with Gasteiger partial charge in [-0.05, 0) is 56.0 Å². The van der Waals surface area contributed by atoms with Gasteiger partial charge < -0.3 is 20.4 Å². The number of Topliss-reactive ketones (excluding diaryl/α,β-unsaturated/α-hetero) is 1. The molecule has 8 heteroatoms. The van der Waals surface area contributed by atoms with Crippen LogP contribution >= 0.6 is 11.3 Å². The van der Waals surface area contributed by atoms with Crippen molar-refractivity contribution in [3.05, 3.63) is 75.2 Å². The van der Waals surface area contributed by atoms with Gasteiger partial charge in [-0.15, -0.1) is 11.3 Å². The Kier molecular flexibility index (Phi) is 7.25. The normalized spacial score (nSPS) is 10.6. The van der Waals surface area contributed by atoms with Crippen molar-refractivity contribution < 1.29 is 19.1 Å². The third-order valence-corrected chi connectivity index (χ3v) is 5.86. The molecule has 0 saturated heterocycles. The van der Waals surface area contributed by atoms with E-state index in [-0.39, 0.29) is 18.9 Å². The zero-order valence-electron chi connectivity index (χ0n) is 17.5. The number of primary amides is 1. The van der Waals surface area contributed by atoms with Gasteiger partial charge >= 0.3 is 0 Å². The first-order chi connectivity index (χ1) is 14.8. The number of nitrogens with one attached hydrogen (secondary N) is 1. The van der Waals surface area contributed by atoms with Gasteiger partial charge in [-0.1, -0.05) is 12.1 Å². The number of nitrogens with two attached hydrogens (primary N) is 1. The maximum absolute atomic E-state index is 12.8. The van der Waals surface area contributed by atoms with Crippen LogP contribution in [0.5, 0.6) is 5.75 Å². The van der Waals surface area contributed by atoms with Gasteiger partial charge in [0.05, 0.1) is 6.54 Å². The number of nitrogens with zero attached hydrogens (tertiary/aromatic N) is 1. The molecule has 0 fully saturated rings. The smallest absolute Gasteiger partial charge is 0.251 e. The average Bonchev–Trinajstić information content (AvgIpc) is 3.37. The van der Waals surface area contributed by atoms with Gasteiger partial charge in [0, 0.05) is 33.9 Å². The first kappa shape index (κ1) is 22.3. The molecule has 3 aromatic rings. The van der Waals surface area contributed by atoms with E-state index in [1.54, 1.807) is 29.5 Å². The van der Waals surface area contributed by atoms with Gasteiger partial charge in [0.25, 0.3) is 5.91 Å². The maximum Gasteiger partial charge on any atom is 0.251 e. The molecule has 0 saturated carbocycles. The van der Waals surface area contributed by atoms with E-state index < -0.39 is 11.8 Å². The Morgan fingerprint density at radius 3 is 2.65 bits per heavy atom. The molecule has 7 nitrogen and oxygen atoms in total. The first-order valence-electron chi connectivity index (χ1n) is 9.87. The molecule has 1 aromatic carbocycles. The van der Waals surface area contributed by atoms with Gasteiger partial charge in [0.1, 0.15) is 5.75 Å². The molecule has 0 aliphatic heterocycles. The minimum Gasteiger partial charge on any atom is -0.485 e. The van der Waals surface area contributed by atoms with Crippen molar-refractivity contribution in [1.82, 2.24) is 9.88 Å². The average molecular weight is 440 g/mol. The maximum atomic E-state index is 12.8. The fraction of sp³-hybridized carbons (Fsp3) is 0.261. The highest BCUT2D eigenvalue weighted by atomic mass is 32.1. The number of rotatable bonds is 10. The van der Waals surface area contributed by atoms with Crippen LogP contribution in [0.3, 0.4) is 0 Å². The Balaban J connectivity index is 1.62. The Bertz CT molecular complexity index is 1090. The topological polar surface area (TPSA) is 103 Å². The molecule has 0 bridgehead atoms. The first-order valence-corrected chi connectivity index (χ1v) is 10.7. The molecule has 0 aliphatic carbocycles. The van der Waals surface area contributed by atoms with Gasteiger partial charge in [0.2, 0.25) is 11.7 Å². The SMILES string of the molecule is Cc1cc(C(=O)COc2cccc(C(=O)NCC(N)=O)c2)c(C)n1CCc1cccs1. The standard InChI is InChI=1S/C23H25N3O4S/c1-15-11-20(16(2)26(15)9-8-19-7-4-10-31-19)21(27)14-30-18-6-3-5-17(12-18)23(29)25-13-22(24)28/h3-7,10-12H,8-9,13-14H2,1-2H3,(H2,24,28)(H,25,29). The number of carbonyl (C=O) groups excluding carboxylic acids is 3. The number of ether oxygens (including phenoxy) is 1. The van der Waals surface area contributed by atoms with Crippen LogP contribution in [0.1, 0.15) is 37.0 Å². The van der Waals surface area contributed by atoms with E-state index in [4.69, 9.17) is 10.5 Å². The molecule has 2 heterocycles. The molecule has 3 N–H and O–H groups in total. The summed E-state index contributed by atoms with van der Waals surface area (Å²) < 4.78 is 7.78. The van der Waals surface area contributed by atoms with E-state index in [9.17, 15) is 14.4 Å². The van der Waals surface area contributed by atoms with Crippen molar-refractivity contribution >= 4 is 28.9 Å². The number of thiophene rings is 1. The van der Waals surface area contributed by atoms with Crippen molar-refractivity contribution in [2.75, 3.05) is 13.2 Å². The van der Waals surface area contributed by atoms with E-state index in [1.165, 1.54) is 10.9 Å². The predicted octanol–water partition coefficient (Wildman–Crippen LogP) is 2.89. The monoisotopic (exact) mass is 439 g/mol. The largest absolute Gasteiger partial charge is 0.485 e. The molecule has 2 aromatic heterocycles. The lowest BCUT2D eigenvalue weighted by molar-refractivity contribution is -0.117. The molecule has 2 amide bonds. The van der Waals surface area contributed by atoms with Crippen molar-refractivity contribution in [1.29, 1.82) is 0 Å². The summed E-state index contributed by atoms with van der Waals surface area (Å²) in [6, 6.07) is 12.5. The Morgan fingerprint density at radius 1 is 1.13 bits per heavy atom. The van der Waals surface area contributed by atoms with Crippen molar-refractivity contribution in [2.45, 2.75) is 26.8 Å². The number of amides is 2. The second kappa shape index (κ2) is 10.1. The summed E-state index contributed by atoms with van der Waals surface area (Å²) in [5.41, 5.74) is 7.94. The summed E-state index contributed by atoms with van der Waals surface area (Å²) in [6.07, 6.45) is 0.919. The van der Waals surface area contributed by atoms with Crippen LogP contribution in [0, 0.1) is 13.8 Å². The van der Waals surface area contributed by atoms with E-state index >= 15 is 0 Å². The van der Waals surface area contributed by atoms with Gasteiger partial charge in [0.15, 0.2) is 6.61 Å². The zero-order valence-corrected chi connectivity index (χ0v) is 18.3. The van der Waals surface area contributed by atoms with Crippen LogP contribution in [0.2, 0.25) is 0 Å². The van der Waals surface area contributed by atoms with Crippen LogP contribution in [-0.4, -0.2) is 35.3 Å². The number of aryl methyl sites for hydroxylation is 2. The third kappa shape index (κ3) is 5.82. The van der Waals surface area contributed by atoms with Crippen LogP contribution in [-0.2, 0) is 17.8 Å². The summed E-state index contributed by atoms with van der Waals surface area (Å²) >= 11 is 1.73.